The maximum absolute atomic E-state index is 12.2. The van der Waals surface area contributed by atoms with Gasteiger partial charge in [-0.1, -0.05) is 6.92 Å². The van der Waals surface area contributed by atoms with E-state index in [9.17, 15) is 4.79 Å². The van der Waals surface area contributed by atoms with Crippen molar-refractivity contribution in [3.05, 3.63) is 22.4 Å². The van der Waals surface area contributed by atoms with Crippen molar-refractivity contribution in [3.63, 3.8) is 0 Å². The zero-order chi connectivity index (χ0) is 10.7. The van der Waals surface area contributed by atoms with Crippen LogP contribution in [0.15, 0.2) is 16.8 Å². The molecule has 0 aliphatic carbocycles. The zero-order valence-corrected chi connectivity index (χ0v) is 9.93. The quantitative estimate of drug-likeness (QED) is 0.754. The maximum Gasteiger partial charge on any atom is 0.254 e. The van der Waals surface area contributed by atoms with Crippen molar-refractivity contribution in [1.82, 2.24) is 4.90 Å². The average Bonchev–Trinajstić information content (AvgIpc) is 2.81. The molecule has 1 amide bonds. The summed E-state index contributed by atoms with van der Waals surface area (Å²) in [5.41, 5.74) is 0.861. The molecule has 1 unspecified atom stereocenters. The van der Waals surface area contributed by atoms with Crippen molar-refractivity contribution in [1.29, 1.82) is 0 Å². The predicted molar refractivity (Wildman–Crippen MR) is 63.3 cm³/mol. The van der Waals surface area contributed by atoms with Gasteiger partial charge in [0.15, 0.2) is 0 Å². The minimum atomic E-state index is 0.225. The normalized spacial score (nSPS) is 21.7. The lowest BCUT2D eigenvalue weighted by atomic mass is 9.99. The van der Waals surface area contributed by atoms with Crippen LogP contribution in [-0.4, -0.2) is 23.4 Å². The first kappa shape index (κ1) is 10.7. The molecule has 0 N–H and O–H groups in total. The zero-order valence-electron chi connectivity index (χ0n) is 9.11. The van der Waals surface area contributed by atoms with Crippen LogP contribution in [0.25, 0.3) is 0 Å². The number of amides is 1. The summed E-state index contributed by atoms with van der Waals surface area (Å²) in [6.07, 6.45) is 4.68. The van der Waals surface area contributed by atoms with Gasteiger partial charge >= 0.3 is 0 Å². The number of likely N-dealkylation sites (tertiary alicyclic amines) is 1. The summed E-state index contributed by atoms with van der Waals surface area (Å²) < 4.78 is 0. The van der Waals surface area contributed by atoms with Gasteiger partial charge in [-0.05, 0) is 37.1 Å². The van der Waals surface area contributed by atoms with Gasteiger partial charge in [0.05, 0.1) is 5.56 Å². The smallest absolute Gasteiger partial charge is 0.254 e. The van der Waals surface area contributed by atoms with Gasteiger partial charge in [-0.2, -0.15) is 11.3 Å². The molecule has 2 rings (SSSR count). The first-order valence-corrected chi connectivity index (χ1v) is 6.60. The number of hydrogen-bond acceptors (Lipinski definition) is 2. The first-order chi connectivity index (χ1) is 7.33. The second-order valence-corrected chi connectivity index (χ2v) is 4.85. The van der Waals surface area contributed by atoms with Crippen LogP contribution >= 0.6 is 11.3 Å². The van der Waals surface area contributed by atoms with E-state index in [2.05, 4.69) is 11.8 Å². The average molecular weight is 223 g/mol. The molecule has 1 aliphatic rings. The van der Waals surface area contributed by atoms with Crippen LogP contribution in [0.2, 0.25) is 0 Å². The SMILES string of the molecule is CCC1CCCCN1C(=O)c1ccsc1. The number of thiophene rings is 1. The highest BCUT2D eigenvalue weighted by atomic mass is 32.1. The lowest BCUT2D eigenvalue weighted by Gasteiger charge is -2.35. The van der Waals surface area contributed by atoms with Gasteiger partial charge < -0.3 is 4.90 Å². The number of carbonyl (C=O) groups is 1. The standard InChI is InChI=1S/C12H17NOS/c1-2-11-5-3-4-7-13(11)12(14)10-6-8-15-9-10/h6,8-9,11H,2-5,7H2,1H3. The molecule has 0 aromatic carbocycles. The molecule has 1 aromatic heterocycles. The monoisotopic (exact) mass is 223 g/mol. The molecule has 1 fully saturated rings. The summed E-state index contributed by atoms with van der Waals surface area (Å²) >= 11 is 1.59. The van der Waals surface area contributed by atoms with Crippen LogP contribution in [-0.2, 0) is 0 Å². The van der Waals surface area contributed by atoms with Crippen molar-refractivity contribution in [3.8, 4) is 0 Å². The van der Waals surface area contributed by atoms with E-state index in [1.165, 1.54) is 12.8 Å². The summed E-state index contributed by atoms with van der Waals surface area (Å²) in [4.78, 5) is 14.2. The van der Waals surface area contributed by atoms with Crippen molar-refractivity contribution in [2.24, 2.45) is 0 Å². The predicted octanol–water partition coefficient (Wildman–Crippen LogP) is 3.15. The van der Waals surface area contributed by atoms with Crippen molar-refractivity contribution < 1.29 is 4.79 Å². The molecule has 1 aliphatic heterocycles. The second-order valence-electron chi connectivity index (χ2n) is 4.07. The minimum absolute atomic E-state index is 0.225. The van der Waals surface area contributed by atoms with Crippen LogP contribution in [0.5, 0.6) is 0 Å². The van der Waals surface area contributed by atoms with Crippen LogP contribution in [0.3, 0.4) is 0 Å². The van der Waals surface area contributed by atoms with Gasteiger partial charge in [0, 0.05) is 18.0 Å². The van der Waals surface area contributed by atoms with Gasteiger partial charge in [0.1, 0.15) is 0 Å². The third-order valence-electron chi connectivity index (χ3n) is 3.13. The fourth-order valence-corrected chi connectivity index (χ4v) is 2.87. The molecule has 2 nitrogen and oxygen atoms in total. The Morgan fingerprint density at radius 3 is 3.13 bits per heavy atom. The van der Waals surface area contributed by atoms with E-state index in [0.717, 1.165) is 24.9 Å². The Kier molecular flexibility index (Phi) is 3.41. The Bertz CT molecular complexity index is 320. The molecule has 1 atom stereocenters. The molecule has 82 valence electrons. The molecule has 1 saturated heterocycles. The van der Waals surface area contributed by atoms with Gasteiger partial charge in [0.25, 0.3) is 5.91 Å². The summed E-state index contributed by atoms with van der Waals surface area (Å²) in [6, 6.07) is 2.39. The lowest BCUT2D eigenvalue weighted by Crippen LogP contribution is -2.43. The van der Waals surface area contributed by atoms with E-state index in [0.29, 0.717) is 6.04 Å². The molecular formula is C12H17NOS. The number of nitrogens with zero attached hydrogens (tertiary/aromatic N) is 1. The van der Waals surface area contributed by atoms with Gasteiger partial charge in [0.2, 0.25) is 0 Å². The Morgan fingerprint density at radius 1 is 1.60 bits per heavy atom. The third kappa shape index (κ3) is 2.23. The Balaban J connectivity index is 2.11. The van der Waals surface area contributed by atoms with E-state index >= 15 is 0 Å². The van der Waals surface area contributed by atoms with Crippen molar-refractivity contribution in [2.45, 2.75) is 38.6 Å². The maximum atomic E-state index is 12.2. The second kappa shape index (κ2) is 4.79. The number of hydrogen-bond donors (Lipinski definition) is 0. The van der Waals surface area contributed by atoms with Crippen LogP contribution < -0.4 is 0 Å². The fourth-order valence-electron chi connectivity index (χ4n) is 2.24. The van der Waals surface area contributed by atoms with E-state index in [1.54, 1.807) is 11.3 Å². The lowest BCUT2D eigenvalue weighted by molar-refractivity contribution is 0.0608. The highest BCUT2D eigenvalue weighted by Gasteiger charge is 2.25. The topological polar surface area (TPSA) is 20.3 Å². The summed E-state index contributed by atoms with van der Waals surface area (Å²) in [7, 11) is 0. The van der Waals surface area contributed by atoms with Crippen molar-refractivity contribution >= 4 is 17.2 Å². The summed E-state index contributed by atoms with van der Waals surface area (Å²) in [6.45, 7) is 3.11. The molecular weight excluding hydrogens is 206 g/mol. The number of piperidine rings is 1. The number of carbonyl (C=O) groups excluding carboxylic acids is 1. The molecule has 1 aromatic rings. The molecule has 3 heteroatoms. The van der Waals surface area contributed by atoms with Crippen LogP contribution in [0.1, 0.15) is 43.0 Å². The van der Waals surface area contributed by atoms with E-state index < -0.39 is 0 Å². The Labute approximate surface area is 94.9 Å². The molecule has 15 heavy (non-hydrogen) atoms. The molecule has 0 saturated carbocycles. The molecule has 2 heterocycles. The fraction of sp³-hybridized carbons (Fsp3) is 0.583. The Hall–Kier alpha value is -0.830. The molecule has 0 spiro atoms. The first-order valence-electron chi connectivity index (χ1n) is 5.66. The highest BCUT2D eigenvalue weighted by Crippen LogP contribution is 2.22. The van der Waals surface area contributed by atoms with E-state index in [4.69, 9.17) is 0 Å². The minimum Gasteiger partial charge on any atom is -0.336 e. The van der Waals surface area contributed by atoms with Gasteiger partial charge in [-0.25, -0.2) is 0 Å². The summed E-state index contributed by atoms with van der Waals surface area (Å²) in [5.74, 6) is 0.225. The Morgan fingerprint density at radius 2 is 2.47 bits per heavy atom. The largest absolute Gasteiger partial charge is 0.336 e. The molecule has 0 radical (unpaired) electrons. The van der Waals surface area contributed by atoms with Crippen LogP contribution in [0, 0.1) is 0 Å². The highest BCUT2D eigenvalue weighted by molar-refractivity contribution is 7.08. The third-order valence-corrected chi connectivity index (χ3v) is 3.81. The van der Waals surface area contributed by atoms with Crippen LogP contribution in [0.4, 0.5) is 0 Å². The summed E-state index contributed by atoms with van der Waals surface area (Å²) in [5, 5.41) is 3.92. The molecule has 0 bridgehead atoms. The van der Waals surface area contributed by atoms with Gasteiger partial charge in [-0.3, -0.25) is 4.79 Å². The van der Waals surface area contributed by atoms with Crippen molar-refractivity contribution in [2.75, 3.05) is 6.54 Å². The number of rotatable bonds is 2. The van der Waals surface area contributed by atoms with Gasteiger partial charge in [-0.15, -0.1) is 0 Å². The van der Waals surface area contributed by atoms with E-state index in [-0.39, 0.29) is 5.91 Å². The van der Waals surface area contributed by atoms with E-state index in [1.807, 2.05) is 16.8 Å².